The van der Waals surface area contributed by atoms with Gasteiger partial charge >= 0.3 is 0 Å². The number of carbonyl (C=O) groups excluding carboxylic acids is 1. The second kappa shape index (κ2) is 10.0. The zero-order valence-electron chi connectivity index (χ0n) is 17.9. The molecule has 1 heterocycles. The van der Waals surface area contributed by atoms with E-state index in [1.54, 1.807) is 11.6 Å². The van der Waals surface area contributed by atoms with Crippen LogP contribution < -0.4 is 10.8 Å². The maximum Gasteiger partial charge on any atom is 0.267 e. The summed E-state index contributed by atoms with van der Waals surface area (Å²) in [7, 11) is 2.03. The molecule has 0 bridgehead atoms. The average Bonchev–Trinajstić information content (AvgIpc) is 3.17. The Balaban J connectivity index is 1.65. The van der Waals surface area contributed by atoms with Crippen molar-refractivity contribution in [1.29, 1.82) is 0 Å². The molecule has 4 aromatic rings. The van der Waals surface area contributed by atoms with Crippen molar-refractivity contribution >= 4 is 23.0 Å². The second-order valence-corrected chi connectivity index (χ2v) is 7.70. The second-order valence-electron chi connectivity index (χ2n) is 7.70. The number of rotatable bonds is 8. The van der Waals surface area contributed by atoms with E-state index < -0.39 is 5.91 Å². The van der Waals surface area contributed by atoms with Gasteiger partial charge in [0.25, 0.3) is 5.91 Å². The normalized spacial score (nSPS) is 12.3. The highest BCUT2D eigenvalue weighted by molar-refractivity contribution is 5.91. The maximum absolute atomic E-state index is 11.3. The van der Waals surface area contributed by atoms with Crippen molar-refractivity contribution in [2.75, 3.05) is 0 Å². The van der Waals surface area contributed by atoms with E-state index in [4.69, 9.17) is 10.2 Å². The molecule has 3 N–H and O–H groups in total. The minimum Gasteiger partial charge on any atom is -0.330 e. The minimum atomic E-state index is -0.570. The van der Waals surface area contributed by atoms with Gasteiger partial charge in [0.1, 0.15) is 5.82 Å². The van der Waals surface area contributed by atoms with E-state index in [1.165, 1.54) is 17.2 Å². The number of hydrogen-bond donors (Lipinski definition) is 3. The first-order valence-corrected chi connectivity index (χ1v) is 10.5. The summed E-state index contributed by atoms with van der Waals surface area (Å²) in [6.07, 6.45) is 3.74. The van der Waals surface area contributed by atoms with Gasteiger partial charge in [0.05, 0.1) is 17.1 Å². The van der Waals surface area contributed by atoms with Crippen molar-refractivity contribution < 1.29 is 10.0 Å². The van der Waals surface area contributed by atoms with E-state index in [2.05, 4.69) is 46.3 Å². The molecule has 6 heteroatoms. The lowest BCUT2D eigenvalue weighted by molar-refractivity contribution is -0.124. The number of fused-ring (bicyclic) bond motifs is 1. The molecule has 0 aliphatic rings. The van der Waals surface area contributed by atoms with Gasteiger partial charge in [-0.25, -0.2) is 10.5 Å². The van der Waals surface area contributed by atoms with Crippen LogP contribution in [-0.2, 0) is 24.8 Å². The first-order chi connectivity index (χ1) is 15.6. The lowest BCUT2D eigenvalue weighted by atomic mass is 10.0. The number of aromatic nitrogens is 2. The molecule has 0 radical (unpaired) electrons. The van der Waals surface area contributed by atoms with E-state index in [1.807, 2.05) is 49.5 Å². The molecule has 0 aliphatic heterocycles. The summed E-state index contributed by atoms with van der Waals surface area (Å²) in [6.45, 7) is 0.742. The van der Waals surface area contributed by atoms with Gasteiger partial charge in [0, 0.05) is 19.7 Å². The number of benzene rings is 3. The van der Waals surface area contributed by atoms with Crippen molar-refractivity contribution in [1.82, 2.24) is 20.3 Å². The van der Waals surface area contributed by atoms with Crippen LogP contribution in [0.3, 0.4) is 0 Å². The fourth-order valence-corrected chi connectivity index (χ4v) is 3.80. The molecule has 1 unspecified atom stereocenters. The fourth-order valence-electron chi connectivity index (χ4n) is 3.80. The summed E-state index contributed by atoms with van der Waals surface area (Å²) >= 11 is 0. The third kappa shape index (κ3) is 5.11. The third-order valence-corrected chi connectivity index (χ3v) is 5.47. The van der Waals surface area contributed by atoms with Crippen LogP contribution in [0.1, 0.15) is 28.6 Å². The zero-order valence-corrected chi connectivity index (χ0v) is 17.9. The number of hydrogen-bond acceptors (Lipinski definition) is 4. The molecule has 1 aromatic heterocycles. The molecular formula is C26H26N4O2. The van der Waals surface area contributed by atoms with Gasteiger partial charge in [-0.1, -0.05) is 66.7 Å². The lowest BCUT2D eigenvalue weighted by Crippen LogP contribution is -2.25. The van der Waals surface area contributed by atoms with Gasteiger partial charge in [-0.05, 0) is 41.3 Å². The Hall–Kier alpha value is -3.74. The Morgan fingerprint density at radius 3 is 2.41 bits per heavy atom. The molecule has 4 rings (SSSR count). The summed E-state index contributed by atoms with van der Waals surface area (Å²) in [6, 6.07) is 26.6. The quantitative estimate of drug-likeness (QED) is 0.225. The molecule has 3 aromatic carbocycles. The monoisotopic (exact) mass is 426 g/mol. The van der Waals surface area contributed by atoms with Crippen molar-refractivity contribution in [3.8, 4) is 0 Å². The third-order valence-electron chi connectivity index (χ3n) is 5.47. The molecule has 1 amide bonds. The minimum absolute atomic E-state index is 0.0224. The summed E-state index contributed by atoms with van der Waals surface area (Å²) in [4.78, 5) is 16.2. The number of nitrogens with one attached hydrogen (secondary N) is 2. The molecular weight excluding hydrogens is 400 g/mol. The predicted molar refractivity (Wildman–Crippen MR) is 126 cm³/mol. The molecule has 6 nitrogen and oxygen atoms in total. The van der Waals surface area contributed by atoms with Gasteiger partial charge in [-0.15, -0.1) is 0 Å². The molecule has 0 fully saturated rings. The van der Waals surface area contributed by atoms with Crippen LogP contribution in [0.5, 0.6) is 0 Å². The standard InChI is InChI=1S/C26H26N4O2/c1-30-24-14-12-20(13-15-25(31)29-32)16-22(24)28-26(30)23(17-19-8-4-2-5-9-19)27-18-21-10-6-3-7-11-21/h2-16,23,27,32H,17-18H2,1H3,(H,29,31). The van der Waals surface area contributed by atoms with Gasteiger partial charge in [-0.2, -0.15) is 0 Å². The number of carbonyl (C=O) groups is 1. The first-order valence-electron chi connectivity index (χ1n) is 10.5. The van der Waals surface area contributed by atoms with Crippen LogP contribution in [0.4, 0.5) is 0 Å². The molecule has 162 valence electrons. The fraction of sp³-hybridized carbons (Fsp3) is 0.154. The van der Waals surface area contributed by atoms with E-state index >= 15 is 0 Å². The summed E-state index contributed by atoms with van der Waals surface area (Å²) < 4.78 is 2.12. The van der Waals surface area contributed by atoms with E-state index in [0.29, 0.717) is 0 Å². The van der Waals surface area contributed by atoms with E-state index in [0.717, 1.165) is 35.4 Å². The molecule has 0 spiro atoms. The van der Waals surface area contributed by atoms with Gasteiger partial charge < -0.3 is 9.88 Å². The van der Waals surface area contributed by atoms with Crippen molar-refractivity contribution in [3.05, 3.63) is 107 Å². The number of nitrogens with zero attached hydrogens (tertiary/aromatic N) is 2. The van der Waals surface area contributed by atoms with Gasteiger partial charge in [-0.3, -0.25) is 10.0 Å². The van der Waals surface area contributed by atoms with Crippen LogP contribution in [0.25, 0.3) is 17.1 Å². The van der Waals surface area contributed by atoms with Crippen molar-refractivity contribution in [3.63, 3.8) is 0 Å². The highest BCUT2D eigenvalue weighted by atomic mass is 16.5. The molecule has 0 aliphatic carbocycles. The first kappa shape index (κ1) is 21.5. The SMILES string of the molecule is Cn1c(C(Cc2ccccc2)NCc2ccccc2)nc2cc(C=CC(=O)NO)ccc21. The highest BCUT2D eigenvalue weighted by Crippen LogP contribution is 2.24. The predicted octanol–water partition coefficient (Wildman–Crippen LogP) is 4.17. The molecule has 0 saturated carbocycles. The molecule has 32 heavy (non-hydrogen) atoms. The molecule has 1 atom stereocenters. The van der Waals surface area contributed by atoms with Crippen LogP contribution in [0.15, 0.2) is 84.9 Å². The number of imidazole rings is 1. The van der Waals surface area contributed by atoms with Crippen LogP contribution in [0.2, 0.25) is 0 Å². The van der Waals surface area contributed by atoms with Gasteiger partial charge in [0.15, 0.2) is 0 Å². The Bertz CT molecular complexity index is 1220. The topological polar surface area (TPSA) is 79.2 Å². The van der Waals surface area contributed by atoms with Crippen molar-refractivity contribution in [2.45, 2.75) is 19.0 Å². The van der Waals surface area contributed by atoms with Crippen LogP contribution >= 0.6 is 0 Å². The Labute approximate surface area is 187 Å². The number of hydroxylamine groups is 1. The van der Waals surface area contributed by atoms with Crippen LogP contribution in [0, 0.1) is 0 Å². The smallest absolute Gasteiger partial charge is 0.267 e. The Kier molecular flexibility index (Phi) is 6.75. The van der Waals surface area contributed by atoms with E-state index in [9.17, 15) is 4.79 Å². The van der Waals surface area contributed by atoms with E-state index in [-0.39, 0.29) is 6.04 Å². The summed E-state index contributed by atoms with van der Waals surface area (Å²) in [5.41, 5.74) is 6.77. The average molecular weight is 427 g/mol. The number of aryl methyl sites for hydroxylation is 1. The lowest BCUT2D eigenvalue weighted by Gasteiger charge is -2.19. The summed E-state index contributed by atoms with van der Waals surface area (Å²) in [5.74, 6) is 0.383. The molecule has 0 saturated heterocycles. The Morgan fingerprint density at radius 1 is 1.03 bits per heavy atom. The van der Waals surface area contributed by atoms with Crippen LogP contribution in [-0.4, -0.2) is 20.7 Å². The highest BCUT2D eigenvalue weighted by Gasteiger charge is 2.19. The van der Waals surface area contributed by atoms with Crippen molar-refractivity contribution in [2.24, 2.45) is 7.05 Å². The zero-order chi connectivity index (χ0) is 22.3. The largest absolute Gasteiger partial charge is 0.330 e. The maximum atomic E-state index is 11.3. The number of amides is 1. The summed E-state index contributed by atoms with van der Waals surface area (Å²) in [5, 5.41) is 12.4. The Morgan fingerprint density at radius 2 is 1.72 bits per heavy atom. The van der Waals surface area contributed by atoms with Gasteiger partial charge in [0.2, 0.25) is 0 Å².